The Hall–Kier alpha value is -1.51. The van der Waals surface area contributed by atoms with Crippen molar-refractivity contribution < 1.29 is 33.0 Å². The molecule has 2 aliphatic heterocycles. The number of aliphatic carboxylic acids is 1. The van der Waals surface area contributed by atoms with Crippen molar-refractivity contribution in [2.75, 3.05) is 26.2 Å². The Labute approximate surface area is 119 Å². The van der Waals surface area contributed by atoms with Gasteiger partial charge in [0.1, 0.15) is 0 Å². The number of carbonyl (C=O) groups is 2. The molecule has 0 aromatic heterocycles. The highest BCUT2D eigenvalue weighted by Crippen LogP contribution is 2.46. The molecule has 0 saturated carbocycles. The molecule has 2 aliphatic rings. The molecule has 2 fully saturated rings. The van der Waals surface area contributed by atoms with E-state index in [4.69, 9.17) is 10.2 Å². The third-order valence-corrected chi connectivity index (χ3v) is 4.33. The van der Waals surface area contributed by atoms with Crippen LogP contribution in [0.5, 0.6) is 0 Å². The number of hydrogen-bond donors (Lipinski definition) is 2. The first-order valence-corrected chi connectivity index (χ1v) is 6.69. The zero-order valence-corrected chi connectivity index (χ0v) is 11.3. The van der Waals surface area contributed by atoms with Crippen LogP contribution in [0.1, 0.15) is 19.3 Å². The van der Waals surface area contributed by atoms with Crippen LogP contribution >= 0.6 is 0 Å². The van der Waals surface area contributed by atoms with E-state index in [9.17, 15) is 22.8 Å². The molecule has 0 radical (unpaired) electrons. The van der Waals surface area contributed by atoms with E-state index in [-0.39, 0.29) is 13.2 Å². The van der Waals surface area contributed by atoms with E-state index >= 15 is 0 Å². The van der Waals surface area contributed by atoms with Crippen LogP contribution in [0.4, 0.5) is 18.0 Å². The number of rotatable bonds is 2. The summed E-state index contributed by atoms with van der Waals surface area (Å²) in [6, 6.07) is -1.03. The minimum atomic E-state index is -4.91. The average Bonchev–Trinajstić information content (AvgIpc) is 3.04. The molecule has 0 spiro atoms. The average molecular weight is 310 g/mol. The van der Waals surface area contributed by atoms with Gasteiger partial charge in [-0.25, -0.2) is 4.79 Å². The summed E-state index contributed by atoms with van der Waals surface area (Å²) in [6.07, 6.45) is -4.28. The lowest BCUT2D eigenvalue weighted by molar-refractivity contribution is -0.227. The molecule has 9 heteroatoms. The van der Waals surface area contributed by atoms with Crippen LogP contribution in [-0.2, 0) is 4.79 Å². The van der Waals surface area contributed by atoms with Gasteiger partial charge in [0.25, 0.3) is 0 Å². The highest BCUT2D eigenvalue weighted by atomic mass is 19.4. The minimum absolute atomic E-state index is 0.247. The molecular formula is C12H17F3N2O4. The molecule has 120 valence electrons. The molecule has 2 saturated heterocycles. The molecule has 2 atom stereocenters. The molecule has 0 bridgehead atoms. The second-order valence-electron chi connectivity index (χ2n) is 5.51. The highest BCUT2D eigenvalue weighted by molar-refractivity contribution is 5.80. The predicted molar refractivity (Wildman–Crippen MR) is 64.5 cm³/mol. The Kier molecular flexibility index (Phi) is 4.05. The Morgan fingerprint density at radius 2 is 1.95 bits per heavy atom. The topological polar surface area (TPSA) is 81.1 Å². The number of carboxylic acid groups (broad SMARTS) is 1. The van der Waals surface area contributed by atoms with E-state index in [2.05, 4.69) is 0 Å². The molecular weight excluding hydrogens is 293 g/mol. The van der Waals surface area contributed by atoms with Crippen LogP contribution in [0.15, 0.2) is 0 Å². The molecule has 21 heavy (non-hydrogen) atoms. The van der Waals surface area contributed by atoms with Crippen molar-refractivity contribution in [3.05, 3.63) is 0 Å². The Balaban J connectivity index is 2.14. The van der Waals surface area contributed by atoms with Gasteiger partial charge in [0.15, 0.2) is 5.41 Å². The summed E-state index contributed by atoms with van der Waals surface area (Å²) in [5.74, 6) is -1.95. The predicted octanol–water partition coefficient (Wildman–Crippen LogP) is 0.902. The number of likely N-dealkylation sites (tertiary alicyclic amines) is 2. The van der Waals surface area contributed by atoms with Gasteiger partial charge in [-0.15, -0.1) is 0 Å². The van der Waals surface area contributed by atoms with Gasteiger partial charge < -0.3 is 20.0 Å². The van der Waals surface area contributed by atoms with Gasteiger partial charge >= 0.3 is 18.2 Å². The van der Waals surface area contributed by atoms with Gasteiger partial charge in [-0.2, -0.15) is 13.2 Å². The molecule has 2 rings (SSSR count). The smallest absolute Gasteiger partial charge is 0.406 e. The number of aliphatic hydroxyl groups excluding tert-OH is 1. The van der Waals surface area contributed by atoms with Crippen LogP contribution in [0.2, 0.25) is 0 Å². The number of carboxylic acids is 1. The summed E-state index contributed by atoms with van der Waals surface area (Å²) in [5.41, 5.74) is -2.89. The third-order valence-electron chi connectivity index (χ3n) is 4.33. The van der Waals surface area contributed by atoms with E-state index in [1.54, 1.807) is 0 Å². The lowest BCUT2D eigenvalue weighted by atomic mass is 9.86. The van der Waals surface area contributed by atoms with Crippen LogP contribution in [0.3, 0.4) is 0 Å². The summed E-state index contributed by atoms with van der Waals surface area (Å²) in [4.78, 5) is 25.6. The van der Waals surface area contributed by atoms with Gasteiger partial charge in [0, 0.05) is 19.6 Å². The van der Waals surface area contributed by atoms with Crippen molar-refractivity contribution in [1.82, 2.24) is 9.80 Å². The van der Waals surface area contributed by atoms with E-state index in [1.807, 2.05) is 0 Å². The molecule has 2 amide bonds. The molecule has 2 unspecified atom stereocenters. The van der Waals surface area contributed by atoms with Gasteiger partial charge in [-0.1, -0.05) is 0 Å². The normalized spacial score (nSPS) is 30.0. The quantitative estimate of drug-likeness (QED) is 0.794. The number of amides is 2. The SMILES string of the molecule is O=C(N1CCC(C(=O)O)(C(F)(F)F)C1)N1CCCC1CO. The fraction of sp³-hybridized carbons (Fsp3) is 0.833. The van der Waals surface area contributed by atoms with Gasteiger partial charge in [-0.3, -0.25) is 4.79 Å². The number of halogens is 3. The standard InChI is InChI=1S/C12H17F3N2O4/c13-12(14,15)11(9(19)20)3-5-16(7-11)10(21)17-4-1-2-8(17)6-18/h8,18H,1-7H2,(H,19,20). The maximum absolute atomic E-state index is 13.1. The van der Waals surface area contributed by atoms with Crippen molar-refractivity contribution in [3.63, 3.8) is 0 Å². The zero-order valence-electron chi connectivity index (χ0n) is 11.3. The largest absolute Gasteiger partial charge is 0.481 e. The van der Waals surface area contributed by atoms with Crippen LogP contribution in [0.25, 0.3) is 0 Å². The molecule has 6 nitrogen and oxygen atoms in total. The summed E-state index contributed by atoms with van der Waals surface area (Å²) in [6.45, 7) is -1.01. The minimum Gasteiger partial charge on any atom is -0.481 e. The van der Waals surface area contributed by atoms with Gasteiger partial charge in [0.05, 0.1) is 12.6 Å². The Morgan fingerprint density at radius 3 is 2.43 bits per heavy atom. The van der Waals surface area contributed by atoms with E-state index < -0.39 is 42.6 Å². The summed E-state index contributed by atoms with van der Waals surface area (Å²) < 4.78 is 39.2. The van der Waals surface area contributed by atoms with Gasteiger partial charge in [-0.05, 0) is 19.3 Å². The fourth-order valence-corrected chi connectivity index (χ4v) is 2.96. The zero-order chi connectivity index (χ0) is 15.8. The molecule has 0 aliphatic carbocycles. The van der Waals surface area contributed by atoms with Crippen molar-refractivity contribution in [3.8, 4) is 0 Å². The first kappa shape index (κ1) is 15.9. The first-order chi connectivity index (χ1) is 9.73. The number of carbonyl (C=O) groups excluding carboxylic acids is 1. The molecule has 0 aromatic rings. The summed E-state index contributed by atoms with van der Waals surface area (Å²) in [5, 5.41) is 18.1. The second-order valence-corrected chi connectivity index (χ2v) is 5.51. The number of alkyl halides is 3. The summed E-state index contributed by atoms with van der Waals surface area (Å²) >= 11 is 0. The van der Waals surface area contributed by atoms with E-state index in [0.29, 0.717) is 19.4 Å². The number of hydrogen-bond acceptors (Lipinski definition) is 3. The lowest BCUT2D eigenvalue weighted by Crippen LogP contribution is -2.50. The lowest BCUT2D eigenvalue weighted by Gasteiger charge is -2.30. The Morgan fingerprint density at radius 1 is 1.29 bits per heavy atom. The number of nitrogens with zero attached hydrogens (tertiary/aromatic N) is 2. The highest BCUT2D eigenvalue weighted by Gasteiger charge is 2.64. The second kappa shape index (κ2) is 5.36. The van der Waals surface area contributed by atoms with Crippen LogP contribution < -0.4 is 0 Å². The number of aliphatic hydroxyl groups is 1. The monoisotopic (exact) mass is 310 g/mol. The van der Waals surface area contributed by atoms with Crippen molar-refractivity contribution in [2.45, 2.75) is 31.5 Å². The molecule has 2 heterocycles. The van der Waals surface area contributed by atoms with Crippen LogP contribution in [0, 0.1) is 5.41 Å². The molecule has 2 N–H and O–H groups in total. The van der Waals surface area contributed by atoms with E-state index in [0.717, 1.165) is 4.90 Å². The fourth-order valence-electron chi connectivity index (χ4n) is 2.96. The summed E-state index contributed by atoms with van der Waals surface area (Å²) in [7, 11) is 0. The molecule has 0 aromatic carbocycles. The first-order valence-electron chi connectivity index (χ1n) is 6.69. The third kappa shape index (κ3) is 2.54. The van der Waals surface area contributed by atoms with E-state index in [1.165, 1.54) is 4.90 Å². The maximum Gasteiger partial charge on any atom is 0.406 e. The van der Waals surface area contributed by atoms with Gasteiger partial charge in [0.2, 0.25) is 0 Å². The van der Waals surface area contributed by atoms with Crippen molar-refractivity contribution in [1.29, 1.82) is 0 Å². The Bertz CT molecular complexity index is 443. The van der Waals surface area contributed by atoms with Crippen LogP contribution in [-0.4, -0.2) is 70.5 Å². The number of urea groups is 1. The maximum atomic E-state index is 13.1. The van der Waals surface area contributed by atoms with Crippen molar-refractivity contribution in [2.24, 2.45) is 5.41 Å². The van der Waals surface area contributed by atoms with Crippen molar-refractivity contribution >= 4 is 12.0 Å².